The normalized spacial score (nSPS) is 9.73. The molecule has 3 heteroatoms. The fourth-order valence-electron chi connectivity index (χ4n) is 0.941. The molecule has 1 aromatic rings. The van der Waals surface area contributed by atoms with Crippen molar-refractivity contribution in [2.45, 2.75) is 13.5 Å². The zero-order valence-corrected chi connectivity index (χ0v) is 6.89. The first-order valence-electron chi connectivity index (χ1n) is 3.61. The molecule has 0 radical (unpaired) electrons. The standard InChI is InChI=1S/C8H13N3/c1-6-8(10-2)3-7(4-9)5-11-6/h3,5,10H,4,9H2,1-2H3. The second kappa shape index (κ2) is 3.34. The Morgan fingerprint density at radius 3 is 2.91 bits per heavy atom. The number of nitrogens with zero attached hydrogens (tertiary/aromatic N) is 1. The molecule has 0 bridgehead atoms. The molecule has 0 aliphatic heterocycles. The molecule has 0 unspecified atom stereocenters. The van der Waals surface area contributed by atoms with Crippen LogP contribution in [0.3, 0.4) is 0 Å². The zero-order chi connectivity index (χ0) is 8.27. The molecule has 0 amide bonds. The van der Waals surface area contributed by atoms with Crippen molar-refractivity contribution in [1.29, 1.82) is 0 Å². The summed E-state index contributed by atoms with van der Waals surface area (Å²) in [4.78, 5) is 4.18. The Balaban J connectivity index is 3.02. The van der Waals surface area contributed by atoms with Gasteiger partial charge in [0.15, 0.2) is 0 Å². The highest BCUT2D eigenvalue weighted by atomic mass is 14.9. The molecule has 0 saturated heterocycles. The molecule has 1 aromatic heterocycles. The highest BCUT2D eigenvalue weighted by molar-refractivity contribution is 5.48. The van der Waals surface area contributed by atoms with Crippen molar-refractivity contribution < 1.29 is 0 Å². The topological polar surface area (TPSA) is 50.9 Å². The Labute approximate surface area is 66.6 Å². The molecule has 0 atom stereocenters. The van der Waals surface area contributed by atoms with Gasteiger partial charge >= 0.3 is 0 Å². The highest BCUT2D eigenvalue weighted by Gasteiger charge is 1.97. The zero-order valence-electron chi connectivity index (χ0n) is 6.89. The lowest BCUT2D eigenvalue weighted by atomic mass is 10.2. The van der Waals surface area contributed by atoms with E-state index >= 15 is 0 Å². The molecule has 1 heterocycles. The Bertz CT molecular complexity index is 245. The summed E-state index contributed by atoms with van der Waals surface area (Å²) in [6.45, 7) is 2.51. The van der Waals surface area contributed by atoms with Gasteiger partial charge in [-0.25, -0.2) is 0 Å². The predicted molar refractivity (Wildman–Crippen MR) is 46.4 cm³/mol. The van der Waals surface area contributed by atoms with E-state index < -0.39 is 0 Å². The van der Waals surface area contributed by atoms with Crippen molar-refractivity contribution in [2.24, 2.45) is 5.73 Å². The Morgan fingerprint density at radius 2 is 2.36 bits per heavy atom. The summed E-state index contributed by atoms with van der Waals surface area (Å²) in [6, 6.07) is 2.02. The smallest absolute Gasteiger partial charge is 0.0603 e. The predicted octanol–water partition coefficient (Wildman–Crippen LogP) is 0.890. The lowest BCUT2D eigenvalue weighted by Gasteiger charge is -2.05. The molecule has 0 aliphatic carbocycles. The lowest BCUT2D eigenvalue weighted by Crippen LogP contribution is -2.00. The molecular formula is C8H13N3. The van der Waals surface area contributed by atoms with Gasteiger partial charge in [0.05, 0.1) is 11.4 Å². The van der Waals surface area contributed by atoms with Crippen molar-refractivity contribution in [3.63, 3.8) is 0 Å². The van der Waals surface area contributed by atoms with Gasteiger partial charge in [0, 0.05) is 19.8 Å². The summed E-state index contributed by atoms with van der Waals surface area (Å²) >= 11 is 0. The second-order valence-electron chi connectivity index (χ2n) is 2.43. The summed E-state index contributed by atoms with van der Waals surface area (Å²) in [5.74, 6) is 0. The summed E-state index contributed by atoms with van der Waals surface area (Å²) < 4.78 is 0. The summed E-state index contributed by atoms with van der Waals surface area (Å²) in [5.41, 5.74) is 8.56. The van der Waals surface area contributed by atoms with Crippen LogP contribution < -0.4 is 11.1 Å². The number of anilines is 1. The molecule has 3 N–H and O–H groups in total. The average molecular weight is 151 g/mol. The van der Waals surface area contributed by atoms with Gasteiger partial charge in [-0.3, -0.25) is 4.98 Å². The molecule has 0 aromatic carbocycles. The van der Waals surface area contributed by atoms with Crippen LogP contribution in [0.5, 0.6) is 0 Å². The minimum atomic E-state index is 0.544. The maximum Gasteiger partial charge on any atom is 0.0603 e. The molecule has 0 spiro atoms. The van der Waals surface area contributed by atoms with E-state index in [0.29, 0.717) is 6.54 Å². The Morgan fingerprint density at radius 1 is 1.64 bits per heavy atom. The Kier molecular flexibility index (Phi) is 2.44. The van der Waals surface area contributed by atoms with Crippen molar-refractivity contribution in [3.05, 3.63) is 23.5 Å². The first-order valence-corrected chi connectivity index (χ1v) is 3.61. The summed E-state index contributed by atoms with van der Waals surface area (Å²) in [6.07, 6.45) is 1.80. The van der Waals surface area contributed by atoms with Crippen LogP contribution in [0.15, 0.2) is 12.3 Å². The van der Waals surface area contributed by atoms with E-state index in [2.05, 4.69) is 10.3 Å². The van der Waals surface area contributed by atoms with Crippen LogP contribution in [-0.2, 0) is 6.54 Å². The number of rotatable bonds is 2. The molecule has 60 valence electrons. The van der Waals surface area contributed by atoms with Gasteiger partial charge in [-0.2, -0.15) is 0 Å². The van der Waals surface area contributed by atoms with Gasteiger partial charge in [-0.1, -0.05) is 0 Å². The van der Waals surface area contributed by atoms with Crippen LogP contribution in [-0.4, -0.2) is 12.0 Å². The third-order valence-corrected chi connectivity index (χ3v) is 1.65. The third-order valence-electron chi connectivity index (χ3n) is 1.65. The molecule has 0 aliphatic rings. The largest absolute Gasteiger partial charge is 0.387 e. The van der Waals surface area contributed by atoms with Crippen molar-refractivity contribution >= 4 is 5.69 Å². The minimum absolute atomic E-state index is 0.544. The van der Waals surface area contributed by atoms with Gasteiger partial charge in [0.1, 0.15) is 0 Å². The van der Waals surface area contributed by atoms with Gasteiger partial charge in [0.25, 0.3) is 0 Å². The number of hydrogen-bond donors (Lipinski definition) is 2. The maximum absolute atomic E-state index is 5.46. The van der Waals surface area contributed by atoms with E-state index in [1.807, 2.05) is 20.0 Å². The van der Waals surface area contributed by atoms with Gasteiger partial charge < -0.3 is 11.1 Å². The molecule has 3 nitrogen and oxygen atoms in total. The van der Waals surface area contributed by atoms with E-state index in [9.17, 15) is 0 Å². The van der Waals surface area contributed by atoms with Gasteiger partial charge in [-0.05, 0) is 18.6 Å². The van der Waals surface area contributed by atoms with Crippen LogP contribution in [0.4, 0.5) is 5.69 Å². The van der Waals surface area contributed by atoms with Crippen molar-refractivity contribution in [1.82, 2.24) is 4.98 Å². The number of pyridine rings is 1. The number of nitrogens with one attached hydrogen (secondary N) is 1. The van der Waals surface area contributed by atoms with Gasteiger partial charge in [-0.15, -0.1) is 0 Å². The van der Waals surface area contributed by atoms with Crippen LogP contribution in [0.1, 0.15) is 11.3 Å². The van der Waals surface area contributed by atoms with Crippen molar-refractivity contribution in [2.75, 3.05) is 12.4 Å². The quantitative estimate of drug-likeness (QED) is 0.660. The highest BCUT2D eigenvalue weighted by Crippen LogP contribution is 2.12. The molecule has 1 rings (SSSR count). The fourth-order valence-corrected chi connectivity index (χ4v) is 0.941. The number of hydrogen-bond acceptors (Lipinski definition) is 3. The summed E-state index contributed by atoms with van der Waals surface area (Å²) in [7, 11) is 1.88. The average Bonchev–Trinajstić information content (AvgIpc) is 2.05. The van der Waals surface area contributed by atoms with Crippen LogP contribution in [0.2, 0.25) is 0 Å². The number of aromatic nitrogens is 1. The molecule has 0 fully saturated rings. The maximum atomic E-state index is 5.46. The van der Waals surface area contributed by atoms with Gasteiger partial charge in [0.2, 0.25) is 0 Å². The van der Waals surface area contributed by atoms with Crippen LogP contribution in [0.25, 0.3) is 0 Å². The van der Waals surface area contributed by atoms with Crippen molar-refractivity contribution in [3.8, 4) is 0 Å². The molecular weight excluding hydrogens is 138 g/mol. The first-order chi connectivity index (χ1) is 5.27. The molecule has 11 heavy (non-hydrogen) atoms. The third kappa shape index (κ3) is 1.68. The fraction of sp³-hybridized carbons (Fsp3) is 0.375. The monoisotopic (exact) mass is 151 g/mol. The first kappa shape index (κ1) is 8.01. The molecule has 0 saturated carbocycles. The van der Waals surface area contributed by atoms with E-state index in [-0.39, 0.29) is 0 Å². The van der Waals surface area contributed by atoms with E-state index in [1.165, 1.54) is 0 Å². The Hall–Kier alpha value is -1.09. The number of aryl methyl sites for hydroxylation is 1. The van der Waals surface area contributed by atoms with E-state index in [1.54, 1.807) is 6.20 Å². The van der Waals surface area contributed by atoms with E-state index in [0.717, 1.165) is 16.9 Å². The van der Waals surface area contributed by atoms with E-state index in [4.69, 9.17) is 5.73 Å². The number of nitrogens with two attached hydrogens (primary N) is 1. The minimum Gasteiger partial charge on any atom is -0.387 e. The summed E-state index contributed by atoms with van der Waals surface area (Å²) in [5, 5.41) is 3.05. The van der Waals surface area contributed by atoms with Crippen LogP contribution in [0, 0.1) is 6.92 Å². The van der Waals surface area contributed by atoms with Crippen LogP contribution >= 0.6 is 0 Å². The SMILES string of the molecule is CNc1cc(CN)cnc1C. The lowest BCUT2D eigenvalue weighted by molar-refractivity contribution is 1.03. The second-order valence-corrected chi connectivity index (χ2v) is 2.43.